The molecule has 0 saturated heterocycles. The average molecular weight is 410 g/mol. The molecule has 1 aromatic carbocycles. The summed E-state index contributed by atoms with van der Waals surface area (Å²) in [4.78, 5) is 24.5. The Morgan fingerprint density at radius 3 is 2.56 bits per heavy atom. The van der Waals surface area contributed by atoms with E-state index in [-0.39, 0.29) is 6.04 Å². The van der Waals surface area contributed by atoms with E-state index in [2.05, 4.69) is 26.3 Å². The first-order valence-corrected chi connectivity index (χ1v) is 8.51. The fraction of sp³-hybridized carbons (Fsp3) is 0.353. The lowest BCUT2D eigenvalue weighted by molar-refractivity contribution is -0.123. The van der Waals surface area contributed by atoms with Gasteiger partial charge in [-0.2, -0.15) is 5.10 Å². The molecule has 1 aromatic heterocycles. The van der Waals surface area contributed by atoms with Crippen LogP contribution in [0.25, 0.3) is 0 Å². The number of halogens is 1. The van der Waals surface area contributed by atoms with Crippen molar-refractivity contribution in [3.8, 4) is 5.75 Å². The highest BCUT2D eigenvalue weighted by Crippen LogP contribution is 2.26. The summed E-state index contributed by atoms with van der Waals surface area (Å²) >= 11 is 3.31. The van der Waals surface area contributed by atoms with Gasteiger partial charge in [0.1, 0.15) is 11.6 Å². The molecule has 2 aromatic rings. The van der Waals surface area contributed by atoms with Gasteiger partial charge in [0.15, 0.2) is 6.10 Å². The predicted octanol–water partition coefficient (Wildman–Crippen LogP) is 3.42. The molecule has 7 nitrogen and oxygen atoms in total. The minimum Gasteiger partial charge on any atom is -0.496 e. The maximum Gasteiger partial charge on any atom is 0.338 e. The third-order valence-corrected chi connectivity index (χ3v) is 4.07. The number of carbonyl (C=O) groups excluding carboxylic acids is 2. The first-order valence-electron chi connectivity index (χ1n) is 7.72. The highest BCUT2D eigenvalue weighted by molar-refractivity contribution is 9.10. The lowest BCUT2D eigenvalue weighted by atomic mass is 10.2. The van der Waals surface area contributed by atoms with Gasteiger partial charge in [-0.25, -0.2) is 9.48 Å². The number of nitrogens with one attached hydrogen (secondary N) is 1. The summed E-state index contributed by atoms with van der Waals surface area (Å²) in [5, 5.41) is 6.85. The fourth-order valence-corrected chi connectivity index (χ4v) is 2.67. The van der Waals surface area contributed by atoms with E-state index < -0.39 is 18.0 Å². The number of esters is 1. The number of amides is 1. The van der Waals surface area contributed by atoms with Crippen molar-refractivity contribution >= 4 is 33.6 Å². The minimum absolute atomic E-state index is 0.0970. The molecule has 1 amide bonds. The molecular weight excluding hydrogens is 390 g/mol. The molecule has 0 saturated carbocycles. The lowest BCUT2D eigenvalue weighted by Gasteiger charge is -2.16. The van der Waals surface area contributed by atoms with Gasteiger partial charge in [-0.15, -0.1) is 0 Å². The molecule has 0 radical (unpaired) electrons. The number of hydrogen-bond donors (Lipinski definition) is 1. The average Bonchev–Trinajstić information content (AvgIpc) is 3.02. The van der Waals surface area contributed by atoms with Crippen LogP contribution in [0.2, 0.25) is 0 Å². The number of hydrogen-bond acceptors (Lipinski definition) is 5. The molecule has 1 heterocycles. The second kappa shape index (κ2) is 8.15. The normalized spacial score (nSPS) is 11.9. The molecule has 0 bridgehead atoms. The Hall–Kier alpha value is -2.35. The molecule has 8 heteroatoms. The van der Waals surface area contributed by atoms with Crippen molar-refractivity contribution < 1.29 is 19.1 Å². The second-order valence-electron chi connectivity index (χ2n) is 5.64. The molecule has 0 spiro atoms. The first-order chi connectivity index (χ1) is 11.8. The molecule has 134 valence electrons. The van der Waals surface area contributed by atoms with Crippen LogP contribution in [0, 0.1) is 0 Å². The van der Waals surface area contributed by atoms with Crippen LogP contribution < -0.4 is 10.1 Å². The van der Waals surface area contributed by atoms with Crippen LogP contribution >= 0.6 is 15.9 Å². The number of nitrogens with zero attached hydrogens (tertiary/aromatic N) is 2. The molecule has 0 fully saturated rings. The smallest absolute Gasteiger partial charge is 0.338 e. The Morgan fingerprint density at radius 2 is 1.96 bits per heavy atom. The summed E-state index contributed by atoms with van der Waals surface area (Å²) in [5.41, 5.74) is 0.319. The van der Waals surface area contributed by atoms with E-state index in [4.69, 9.17) is 9.47 Å². The maximum atomic E-state index is 12.3. The van der Waals surface area contributed by atoms with E-state index in [0.29, 0.717) is 21.6 Å². The Bertz CT molecular complexity index is 773. The minimum atomic E-state index is -0.955. The van der Waals surface area contributed by atoms with E-state index >= 15 is 0 Å². The SMILES string of the molecule is COc1ccc(C(=O)O[C@@H](C)C(=O)Nc2ccnn2C(C)C)cc1Br. The number of methoxy groups -OCH3 is 1. The van der Waals surface area contributed by atoms with Crippen LogP contribution in [0.4, 0.5) is 5.82 Å². The molecule has 0 aliphatic heterocycles. The Balaban J connectivity index is 2.02. The van der Waals surface area contributed by atoms with Gasteiger partial charge in [0.25, 0.3) is 5.91 Å². The lowest BCUT2D eigenvalue weighted by Crippen LogP contribution is -2.31. The van der Waals surface area contributed by atoms with Crippen molar-refractivity contribution in [3.63, 3.8) is 0 Å². The summed E-state index contributed by atoms with van der Waals surface area (Å²) in [6.45, 7) is 5.42. The zero-order chi connectivity index (χ0) is 18.6. The molecule has 0 aliphatic carbocycles. The highest BCUT2D eigenvalue weighted by atomic mass is 79.9. The third-order valence-electron chi connectivity index (χ3n) is 3.45. The first kappa shape index (κ1) is 19.0. The van der Waals surface area contributed by atoms with Crippen LogP contribution in [-0.4, -0.2) is 34.9 Å². The zero-order valence-electron chi connectivity index (χ0n) is 14.4. The van der Waals surface area contributed by atoms with Crippen molar-refractivity contribution in [2.75, 3.05) is 12.4 Å². The van der Waals surface area contributed by atoms with E-state index in [1.807, 2.05) is 13.8 Å². The van der Waals surface area contributed by atoms with Gasteiger partial charge < -0.3 is 14.8 Å². The van der Waals surface area contributed by atoms with Crippen molar-refractivity contribution in [1.82, 2.24) is 9.78 Å². The summed E-state index contributed by atoms with van der Waals surface area (Å²) in [7, 11) is 1.53. The molecular formula is C17H20BrN3O4. The van der Waals surface area contributed by atoms with Crippen LogP contribution in [-0.2, 0) is 9.53 Å². The van der Waals surface area contributed by atoms with Gasteiger partial charge in [0.2, 0.25) is 0 Å². The molecule has 25 heavy (non-hydrogen) atoms. The molecule has 1 N–H and O–H groups in total. The Morgan fingerprint density at radius 1 is 1.24 bits per heavy atom. The van der Waals surface area contributed by atoms with Crippen molar-refractivity contribution in [2.45, 2.75) is 32.9 Å². The van der Waals surface area contributed by atoms with Crippen LogP contribution in [0.3, 0.4) is 0 Å². The van der Waals surface area contributed by atoms with Gasteiger partial charge in [0, 0.05) is 12.1 Å². The van der Waals surface area contributed by atoms with E-state index in [1.165, 1.54) is 14.0 Å². The van der Waals surface area contributed by atoms with Gasteiger partial charge in [0.05, 0.1) is 23.3 Å². The van der Waals surface area contributed by atoms with Gasteiger partial charge >= 0.3 is 5.97 Å². The molecule has 0 aliphatic rings. The van der Waals surface area contributed by atoms with E-state index in [1.54, 1.807) is 35.1 Å². The summed E-state index contributed by atoms with van der Waals surface area (Å²) in [6, 6.07) is 6.59. The van der Waals surface area contributed by atoms with Gasteiger partial charge in [-0.05, 0) is 54.9 Å². The van der Waals surface area contributed by atoms with Crippen molar-refractivity contribution in [2.24, 2.45) is 0 Å². The van der Waals surface area contributed by atoms with Gasteiger partial charge in [-0.3, -0.25) is 4.79 Å². The maximum absolute atomic E-state index is 12.3. The summed E-state index contributed by atoms with van der Waals surface area (Å²) < 4.78 is 12.7. The van der Waals surface area contributed by atoms with Crippen molar-refractivity contribution in [3.05, 3.63) is 40.5 Å². The van der Waals surface area contributed by atoms with Crippen LogP contribution in [0.1, 0.15) is 37.2 Å². The number of anilines is 1. The van der Waals surface area contributed by atoms with Crippen LogP contribution in [0.15, 0.2) is 34.9 Å². The zero-order valence-corrected chi connectivity index (χ0v) is 16.0. The van der Waals surface area contributed by atoms with E-state index in [9.17, 15) is 9.59 Å². The fourth-order valence-electron chi connectivity index (χ4n) is 2.13. The summed E-state index contributed by atoms with van der Waals surface area (Å²) in [6.07, 6.45) is 0.644. The number of benzene rings is 1. The monoisotopic (exact) mass is 409 g/mol. The topological polar surface area (TPSA) is 82.4 Å². The number of ether oxygens (including phenoxy) is 2. The third kappa shape index (κ3) is 4.60. The highest BCUT2D eigenvalue weighted by Gasteiger charge is 2.21. The second-order valence-corrected chi connectivity index (χ2v) is 6.50. The van der Waals surface area contributed by atoms with E-state index in [0.717, 1.165) is 0 Å². The standard InChI is InChI=1S/C17H20BrN3O4/c1-10(2)21-15(7-8-19-21)20-16(22)11(3)25-17(23)12-5-6-14(24-4)13(18)9-12/h5-11H,1-4H3,(H,20,22)/t11-/m0/s1. The number of carbonyl (C=O) groups is 2. The Labute approximate surface area is 154 Å². The quantitative estimate of drug-likeness (QED) is 0.738. The molecule has 2 rings (SSSR count). The Kier molecular flexibility index (Phi) is 6.19. The summed E-state index contributed by atoms with van der Waals surface area (Å²) in [5.74, 6) is 0.131. The predicted molar refractivity (Wildman–Crippen MR) is 96.8 cm³/mol. The molecule has 1 atom stereocenters. The van der Waals surface area contributed by atoms with Crippen molar-refractivity contribution in [1.29, 1.82) is 0 Å². The van der Waals surface area contributed by atoms with Gasteiger partial charge in [-0.1, -0.05) is 0 Å². The molecule has 0 unspecified atom stereocenters. The van der Waals surface area contributed by atoms with Crippen LogP contribution in [0.5, 0.6) is 5.75 Å². The number of aromatic nitrogens is 2. The number of rotatable bonds is 6. The largest absolute Gasteiger partial charge is 0.496 e.